The van der Waals surface area contributed by atoms with Crippen LogP contribution in [0.5, 0.6) is 0 Å². The van der Waals surface area contributed by atoms with Crippen LogP contribution in [0.3, 0.4) is 0 Å². The first-order valence-electron chi connectivity index (χ1n) is 16.8. The molecule has 2 rings (SSSR count). The highest BCUT2D eigenvalue weighted by molar-refractivity contribution is 5.94. The lowest BCUT2D eigenvalue weighted by atomic mass is 9.88. The highest BCUT2D eigenvalue weighted by Gasteiger charge is 2.55. The molecular formula is C39H54FNO9. The van der Waals surface area contributed by atoms with Gasteiger partial charge in [-0.05, 0) is 81.0 Å². The summed E-state index contributed by atoms with van der Waals surface area (Å²) in [6.07, 6.45) is 4.47. The maximum Gasteiger partial charge on any atom is 0.305 e. The predicted octanol–water partition coefficient (Wildman–Crippen LogP) is 5.81. The van der Waals surface area contributed by atoms with E-state index in [-0.39, 0.29) is 31.0 Å². The minimum Gasteiger partial charge on any atom is -0.481 e. The molecule has 11 heteroatoms. The number of carboxylic acids is 1. The largest absolute Gasteiger partial charge is 0.481 e. The summed E-state index contributed by atoms with van der Waals surface area (Å²) in [5.74, 6) is -2.26. The van der Waals surface area contributed by atoms with E-state index < -0.39 is 59.9 Å². The third-order valence-corrected chi connectivity index (χ3v) is 9.03. The molecule has 3 unspecified atom stereocenters. The summed E-state index contributed by atoms with van der Waals surface area (Å²) in [6.45, 7) is 17.9. The topological polar surface area (TPSA) is 155 Å². The number of carboxylic acid groups (broad SMARTS) is 1. The second-order valence-corrected chi connectivity index (χ2v) is 13.3. The van der Waals surface area contributed by atoms with E-state index in [2.05, 4.69) is 18.5 Å². The SMILES string of the molecule is C=C(/C=C/[C@H](OC(C)=O)[C@](C)(O)CCC(O)CC(=O)O)C(=C)/C(C)=C/C=C/C(C)(F)C(NC(=O)c1ccccc1)[C@H]1O[C@@H]1[C@H](C)[C@H](CC)OC. The molecule has 1 heterocycles. The summed E-state index contributed by atoms with van der Waals surface area (Å²) >= 11 is 0. The van der Waals surface area contributed by atoms with E-state index in [9.17, 15) is 24.6 Å². The van der Waals surface area contributed by atoms with E-state index in [1.807, 2.05) is 13.8 Å². The Hall–Kier alpha value is -3.90. The summed E-state index contributed by atoms with van der Waals surface area (Å²) < 4.78 is 33.4. The standard InChI is InChI=1S/C39H54FNO9/c1-10-31(48-9)27(5)34-35(50-34)36(41-37(46)29-16-12-11-13-17-29)38(7,40)21-14-15-24(2)26(4)25(3)18-19-32(49-28(6)42)39(8,47)22-20-30(43)23-33(44)45/h11-19,21,27,30-32,34-36,43,47H,3-4,10,20,22-23H2,1-2,5-9H3,(H,41,46)(H,44,45)/b19-18+,21-14+,24-15+/t27-,30?,31+,32+,34-,35+,36?,38?,39-/m1/s1. The number of rotatable bonds is 21. The van der Waals surface area contributed by atoms with Crippen LogP contribution in [0.25, 0.3) is 0 Å². The molecule has 1 amide bonds. The normalized spacial score (nSPS) is 21.7. The quantitative estimate of drug-likeness (QED) is 0.0707. The Kier molecular flexibility index (Phi) is 16.0. The van der Waals surface area contributed by atoms with Crippen molar-refractivity contribution in [3.63, 3.8) is 0 Å². The Morgan fingerprint density at radius 3 is 2.34 bits per heavy atom. The van der Waals surface area contributed by atoms with Gasteiger partial charge >= 0.3 is 11.9 Å². The van der Waals surface area contributed by atoms with Gasteiger partial charge in [-0.3, -0.25) is 14.4 Å². The van der Waals surface area contributed by atoms with E-state index >= 15 is 4.39 Å². The van der Waals surface area contributed by atoms with Gasteiger partial charge in [-0.25, -0.2) is 4.39 Å². The second kappa shape index (κ2) is 18.9. The number of epoxide rings is 1. The minimum absolute atomic E-state index is 0.0249. The number of aliphatic hydroxyl groups is 2. The second-order valence-electron chi connectivity index (χ2n) is 13.3. The molecule has 4 N–H and O–H groups in total. The molecule has 1 aliphatic rings. The van der Waals surface area contributed by atoms with Crippen LogP contribution < -0.4 is 5.32 Å². The van der Waals surface area contributed by atoms with E-state index in [1.165, 1.54) is 39.0 Å². The average Bonchev–Trinajstić information content (AvgIpc) is 3.84. The number of allylic oxidation sites excluding steroid dienone is 6. The number of hydrogen-bond acceptors (Lipinski definition) is 8. The summed E-state index contributed by atoms with van der Waals surface area (Å²) in [7, 11) is 1.63. The van der Waals surface area contributed by atoms with Crippen molar-refractivity contribution < 1.29 is 48.3 Å². The van der Waals surface area contributed by atoms with Crippen molar-refractivity contribution >= 4 is 17.8 Å². The number of alkyl halides is 1. The van der Waals surface area contributed by atoms with E-state index in [4.69, 9.17) is 19.3 Å². The average molecular weight is 700 g/mol. The number of carbonyl (C=O) groups excluding carboxylic acids is 2. The number of aliphatic carboxylic acids is 1. The molecule has 1 fully saturated rings. The molecule has 0 radical (unpaired) electrons. The Labute approximate surface area is 295 Å². The van der Waals surface area contributed by atoms with Crippen molar-refractivity contribution in [3.05, 3.63) is 96.2 Å². The van der Waals surface area contributed by atoms with Crippen molar-refractivity contribution in [2.45, 2.75) is 115 Å². The molecule has 0 spiro atoms. The molecule has 9 atom stereocenters. The van der Waals surface area contributed by atoms with Crippen LogP contribution in [-0.2, 0) is 23.8 Å². The van der Waals surface area contributed by atoms with Crippen LogP contribution in [0, 0.1) is 5.92 Å². The van der Waals surface area contributed by atoms with Crippen molar-refractivity contribution in [1.82, 2.24) is 5.32 Å². The predicted molar refractivity (Wildman–Crippen MR) is 190 cm³/mol. The molecule has 0 bridgehead atoms. The molecule has 50 heavy (non-hydrogen) atoms. The highest BCUT2D eigenvalue weighted by atomic mass is 19.1. The lowest BCUT2D eigenvalue weighted by Gasteiger charge is -2.31. The highest BCUT2D eigenvalue weighted by Crippen LogP contribution is 2.40. The van der Waals surface area contributed by atoms with E-state index in [1.54, 1.807) is 56.5 Å². The van der Waals surface area contributed by atoms with Gasteiger partial charge in [0.1, 0.15) is 23.5 Å². The van der Waals surface area contributed by atoms with Gasteiger partial charge in [-0.1, -0.05) is 63.4 Å². The smallest absolute Gasteiger partial charge is 0.305 e. The van der Waals surface area contributed by atoms with Gasteiger partial charge in [-0.2, -0.15) is 0 Å². The van der Waals surface area contributed by atoms with Gasteiger partial charge in [0.25, 0.3) is 5.91 Å². The van der Waals surface area contributed by atoms with Crippen LogP contribution >= 0.6 is 0 Å². The molecule has 0 aromatic heterocycles. The van der Waals surface area contributed by atoms with Gasteiger partial charge in [0.2, 0.25) is 0 Å². The fraction of sp³-hybridized carbons (Fsp3) is 0.513. The number of hydrogen-bond donors (Lipinski definition) is 4. The first kappa shape index (κ1) is 42.3. The fourth-order valence-corrected chi connectivity index (χ4v) is 5.75. The third kappa shape index (κ3) is 12.8. The molecule has 1 saturated heterocycles. The number of benzene rings is 1. The van der Waals surface area contributed by atoms with Crippen molar-refractivity contribution in [2.75, 3.05) is 7.11 Å². The van der Waals surface area contributed by atoms with Crippen LogP contribution in [0.4, 0.5) is 4.39 Å². The lowest BCUT2D eigenvalue weighted by molar-refractivity contribution is -0.156. The molecule has 1 aromatic carbocycles. The molecule has 276 valence electrons. The monoisotopic (exact) mass is 699 g/mol. The number of carbonyl (C=O) groups is 3. The van der Waals surface area contributed by atoms with Gasteiger partial charge in [-0.15, -0.1) is 0 Å². The number of amides is 1. The summed E-state index contributed by atoms with van der Waals surface area (Å²) in [4.78, 5) is 35.8. The number of nitrogens with one attached hydrogen (secondary N) is 1. The lowest BCUT2D eigenvalue weighted by Crippen LogP contribution is -2.52. The maximum absolute atomic E-state index is 16.5. The minimum atomic E-state index is -2.02. The molecular weight excluding hydrogens is 645 g/mol. The van der Waals surface area contributed by atoms with Gasteiger partial charge in [0.05, 0.1) is 30.8 Å². The van der Waals surface area contributed by atoms with Crippen molar-refractivity contribution in [3.8, 4) is 0 Å². The summed E-state index contributed by atoms with van der Waals surface area (Å²) in [5, 5.41) is 32.7. The van der Waals surface area contributed by atoms with Crippen molar-refractivity contribution in [2.24, 2.45) is 5.92 Å². The number of aliphatic hydroxyl groups excluding tert-OH is 1. The van der Waals surface area contributed by atoms with Crippen molar-refractivity contribution in [1.29, 1.82) is 0 Å². The fourth-order valence-electron chi connectivity index (χ4n) is 5.75. The van der Waals surface area contributed by atoms with Crippen LogP contribution in [0.15, 0.2) is 90.6 Å². The van der Waals surface area contributed by atoms with Gasteiger partial charge in [0, 0.05) is 25.5 Å². The van der Waals surface area contributed by atoms with E-state index in [0.717, 1.165) is 6.42 Å². The molecule has 10 nitrogen and oxygen atoms in total. The van der Waals surface area contributed by atoms with Gasteiger partial charge in [0.15, 0.2) is 0 Å². The van der Waals surface area contributed by atoms with Gasteiger partial charge < -0.3 is 34.8 Å². The number of esters is 1. The Bertz CT molecular complexity index is 1430. The zero-order valence-corrected chi connectivity index (χ0v) is 30.2. The number of halogens is 1. The Morgan fingerprint density at radius 2 is 1.78 bits per heavy atom. The number of ether oxygens (including phenoxy) is 3. The molecule has 0 aliphatic carbocycles. The summed E-state index contributed by atoms with van der Waals surface area (Å²) in [5.41, 5.74) is -1.69. The molecule has 1 aromatic rings. The first-order valence-corrected chi connectivity index (χ1v) is 16.8. The number of methoxy groups -OCH3 is 1. The van der Waals surface area contributed by atoms with E-state index in [0.29, 0.717) is 22.3 Å². The third-order valence-electron chi connectivity index (χ3n) is 9.03. The first-order chi connectivity index (χ1) is 23.3. The summed E-state index contributed by atoms with van der Waals surface area (Å²) in [6, 6.07) is 7.58. The maximum atomic E-state index is 16.5. The molecule has 0 saturated carbocycles. The Morgan fingerprint density at radius 1 is 1.14 bits per heavy atom. The van der Waals surface area contributed by atoms with Crippen LogP contribution in [0.1, 0.15) is 77.6 Å². The zero-order valence-electron chi connectivity index (χ0n) is 30.2. The molecule has 1 aliphatic heterocycles. The Balaban J connectivity index is 2.22. The van der Waals surface area contributed by atoms with Crippen LogP contribution in [-0.4, -0.2) is 88.1 Å². The zero-order chi connectivity index (χ0) is 37.8. The van der Waals surface area contributed by atoms with Crippen LogP contribution in [0.2, 0.25) is 0 Å².